The van der Waals surface area contributed by atoms with Crippen molar-refractivity contribution in [3.63, 3.8) is 0 Å². The molecule has 0 amide bonds. The molecule has 1 aromatic heterocycles. The number of fused-ring (bicyclic) bond motifs is 1. The molecule has 0 saturated carbocycles. The molecule has 37 heavy (non-hydrogen) atoms. The van der Waals surface area contributed by atoms with Crippen molar-refractivity contribution in [1.82, 2.24) is 4.98 Å². The van der Waals surface area contributed by atoms with Crippen molar-refractivity contribution in [2.45, 2.75) is 17.6 Å². The average molecular weight is 496 g/mol. The summed E-state index contributed by atoms with van der Waals surface area (Å²) in [6, 6.07) is 29.3. The quantitative estimate of drug-likeness (QED) is 0.318. The molecule has 4 aromatic rings. The van der Waals surface area contributed by atoms with Gasteiger partial charge in [-0.2, -0.15) is 0 Å². The summed E-state index contributed by atoms with van der Waals surface area (Å²) in [4.78, 5) is 19.3. The molecule has 2 atom stereocenters. The van der Waals surface area contributed by atoms with Crippen molar-refractivity contribution in [3.05, 3.63) is 120 Å². The van der Waals surface area contributed by atoms with Crippen LogP contribution in [0.5, 0.6) is 5.75 Å². The first-order valence-electron chi connectivity index (χ1n) is 12.2. The van der Waals surface area contributed by atoms with Crippen molar-refractivity contribution in [2.24, 2.45) is 0 Å². The van der Waals surface area contributed by atoms with Crippen LogP contribution >= 0.6 is 0 Å². The number of para-hydroxylation sites is 1. The third-order valence-corrected chi connectivity index (χ3v) is 6.97. The molecule has 2 unspecified atom stereocenters. The Hall–Kier alpha value is -4.36. The van der Waals surface area contributed by atoms with Crippen molar-refractivity contribution in [1.29, 1.82) is 0 Å². The summed E-state index contributed by atoms with van der Waals surface area (Å²) in [5.74, 6) is 0.424. The van der Waals surface area contributed by atoms with Gasteiger partial charge in [0.25, 0.3) is 0 Å². The van der Waals surface area contributed by atoms with Crippen LogP contribution < -0.4 is 15.0 Å². The predicted octanol–water partition coefficient (Wildman–Crippen LogP) is 4.32. The van der Waals surface area contributed by atoms with E-state index in [4.69, 9.17) is 4.74 Å². The van der Waals surface area contributed by atoms with Gasteiger partial charge < -0.3 is 25.2 Å². The molecule has 0 bridgehead atoms. The van der Waals surface area contributed by atoms with E-state index in [-0.39, 0.29) is 6.42 Å². The highest BCUT2D eigenvalue weighted by Gasteiger charge is 2.63. The number of hydrogen-bond acceptors (Lipinski definition) is 6. The molecule has 0 spiro atoms. The Balaban J connectivity index is 1.36. The van der Waals surface area contributed by atoms with Crippen molar-refractivity contribution >= 4 is 17.5 Å². The van der Waals surface area contributed by atoms with E-state index < -0.39 is 17.1 Å². The number of rotatable bonds is 9. The number of nitrogens with zero attached hydrogens (tertiary/aromatic N) is 2. The normalized spacial score (nSPS) is 20.1. The maximum atomic E-state index is 12.9. The highest BCUT2D eigenvalue weighted by Crippen LogP contribution is 2.51. The first-order chi connectivity index (χ1) is 17.9. The molecule has 3 aromatic carbocycles. The zero-order chi connectivity index (χ0) is 25.9. The Bertz CT molecular complexity index is 1360. The standard InChI is InChI=1S/C30H29N3O4/c1-33(27-13-7-8-18-31-27)19-20-37-24-16-14-22(15-17-24)21-29(28(34)35)30(36,23-9-3-2-4-10-23)25-11-5-6-12-26(25)32-29/h2-18,32,36H,19-21H2,1H3,(H,34,35). The van der Waals surface area contributed by atoms with Crippen LogP contribution in [0.15, 0.2) is 103 Å². The highest BCUT2D eigenvalue weighted by molar-refractivity contribution is 5.91. The predicted molar refractivity (Wildman–Crippen MR) is 143 cm³/mol. The largest absolute Gasteiger partial charge is 0.492 e. The van der Waals surface area contributed by atoms with Gasteiger partial charge in [-0.1, -0.05) is 66.7 Å². The molecule has 1 aliphatic heterocycles. The van der Waals surface area contributed by atoms with E-state index in [2.05, 4.69) is 10.3 Å². The fourth-order valence-corrected chi connectivity index (χ4v) is 5.00. The molecule has 1 aliphatic rings. The second kappa shape index (κ2) is 9.95. The summed E-state index contributed by atoms with van der Waals surface area (Å²) in [5, 5.41) is 25.9. The topological polar surface area (TPSA) is 94.9 Å². The number of anilines is 2. The maximum absolute atomic E-state index is 12.9. The monoisotopic (exact) mass is 495 g/mol. The lowest BCUT2D eigenvalue weighted by Gasteiger charge is -2.40. The van der Waals surface area contributed by atoms with Crippen LogP contribution in [0, 0.1) is 0 Å². The van der Waals surface area contributed by atoms with Crippen molar-refractivity contribution in [2.75, 3.05) is 30.4 Å². The average Bonchev–Trinajstić information content (AvgIpc) is 3.20. The maximum Gasteiger partial charge on any atom is 0.333 e. The lowest BCUT2D eigenvalue weighted by Crippen LogP contribution is -2.60. The molecular weight excluding hydrogens is 466 g/mol. The number of nitrogens with one attached hydrogen (secondary N) is 1. The van der Waals surface area contributed by atoms with Gasteiger partial charge in [0.1, 0.15) is 18.2 Å². The minimum Gasteiger partial charge on any atom is -0.492 e. The Morgan fingerprint density at radius 3 is 2.35 bits per heavy atom. The Labute approximate surface area is 216 Å². The zero-order valence-electron chi connectivity index (χ0n) is 20.5. The molecule has 0 radical (unpaired) electrons. The number of hydrogen-bond donors (Lipinski definition) is 3. The number of aliphatic carboxylic acids is 1. The molecule has 7 nitrogen and oxygen atoms in total. The van der Waals surface area contributed by atoms with Crippen LogP contribution in [0.3, 0.4) is 0 Å². The number of benzene rings is 3. The van der Waals surface area contributed by atoms with Crippen LogP contribution in [-0.2, 0) is 16.8 Å². The van der Waals surface area contributed by atoms with E-state index in [9.17, 15) is 15.0 Å². The molecule has 2 heterocycles. The molecular formula is C30H29N3O4. The Morgan fingerprint density at radius 2 is 1.65 bits per heavy atom. The molecule has 3 N–H and O–H groups in total. The van der Waals surface area contributed by atoms with Crippen molar-refractivity contribution < 1.29 is 19.7 Å². The van der Waals surface area contributed by atoms with E-state index in [1.54, 1.807) is 42.6 Å². The summed E-state index contributed by atoms with van der Waals surface area (Å²) in [5.41, 5.74) is -1.05. The minimum absolute atomic E-state index is 0.0606. The highest BCUT2D eigenvalue weighted by atomic mass is 16.5. The van der Waals surface area contributed by atoms with E-state index in [0.717, 1.165) is 11.4 Å². The molecule has 7 heteroatoms. The second-order valence-corrected chi connectivity index (χ2v) is 9.24. The van der Waals surface area contributed by atoms with Crippen LogP contribution in [0.2, 0.25) is 0 Å². The molecule has 0 saturated heterocycles. The number of pyridine rings is 1. The van der Waals surface area contributed by atoms with Crippen LogP contribution in [0.1, 0.15) is 16.7 Å². The number of aromatic nitrogens is 1. The van der Waals surface area contributed by atoms with Gasteiger partial charge in [-0.05, 0) is 41.5 Å². The van der Waals surface area contributed by atoms with Gasteiger partial charge in [0.05, 0.1) is 6.54 Å². The number of carboxylic acid groups (broad SMARTS) is 1. The number of carboxylic acids is 1. The number of carbonyl (C=O) groups is 1. The fraction of sp³-hybridized carbons (Fsp3) is 0.200. The Kier molecular flexibility index (Phi) is 6.54. The first-order valence-corrected chi connectivity index (χ1v) is 12.2. The summed E-state index contributed by atoms with van der Waals surface area (Å²) < 4.78 is 5.91. The molecule has 188 valence electrons. The molecule has 5 rings (SSSR count). The van der Waals surface area contributed by atoms with Crippen molar-refractivity contribution in [3.8, 4) is 5.75 Å². The number of aliphatic hydroxyl groups is 1. The van der Waals surface area contributed by atoms with E-state index in [1.807, 2.05) is 72.6 Å². The molecule has 0 fully saturated rings. The smallest absolute Gasteiger partial charge is 0.333 e. The summed E-state index contributed by atoms with van der Waals surface area (Å²) >= 11 is 0. The van der Waals surface area contributed by atoms with Gasteiger partial charge in [0.15, 0.2) is 11.1 Å². The zero-order valence-corrected chi connectivity index (χ0v) is 20.5. The fourth-order valence-electron chi connectivity index (χ4n) is 5.00. The van der Waals surface area contributed by atoms with E-state index >= 15 is 0 Å². The van der Waals surface area contributed by atoms with Crippen LogP contribution in [0.25, 0.3) is 0 Å². The SMILES string of the molecule is CN(CCOc1ccc(CC2(C(=O)O)Nc3ccccc3C2(O)c2ccccc2)cc1)c1ccccn1. The molecule has 0 aliphatic carbocycles. The van der Waals surface area contributed by atoms with E-state index in [1.165, 1.54) is 0 Å². The van der Waals surface area contributed by atoms with E-state index in [0.29, 0.717) is 35.7 Å². The minimum atomic E-state index is -1.78. The Morgan fingerprint density at radius 1 is 0.946 bits per heavy atom. The number of ether oxygens (including phenoxy) is 1. The van der Waals surface area contributed by atoms with Crippen LogP contribution in [-0.4, -0.2) is 46.9 Å². The lowest BCUT2D eigenvalue weighted by atomic mass is 9.70. The number of likely N-dealkylation sites (N-methyl/N-ethyl adjacent to an activating group) is 1. The van der Waals surface area contributed by atoms with Gasteiger partial charge in [-0.25, -0.2) is 9.78 Å². The first kappa shape index (κ1) is 24.3. The van der Waals surface area contributed by atoms with Gasteiger partial charge in [-0.3, -0.25) is 0 Å². The van der Waals surface area contributed by atoms with Gasteiger partial charge in [0.2, 0.25) is 0 Å². The summed E-state index contributed by atoms with van der Waals surface area (Å²) in [6.07, 6.45) is 1.82. The third kappa shape index (κ3) is 4.38. The summed E-state index contributed by atoms with van der Waals surface area (Å²) in [6.45, 7) is 1.13. The third-order valence-electron chi connectivity index (χ3n) is 6.97. The van der Waals surface area contributed by atoms with Crippen LogP contribution in [0.4, 0.5) is 11.5 Å². The van der Waals surface area contributed by atoms with Gasteiger partial charge >= 0.3 is 5.97 Å². The summed E-state index contributed by atoms with van der Waals surface area (Å²) in [7, 11) is 1.96. The van der Waals surface area contributed by atoms with Gasteiger partial charge in [0, 0.05) is 30.9 Å². The lowest BCUT2D eigenvalue weighted by molar-refractivity contribution is -0.150. The van der Waals surface area contributed by atoms with Gasteiger partial charge in [-0.15, -0.1) is 0 Å². The second-order valence-electron chi connectivity index (χ2n) is 9.24.